The van der Waals surface area contributed by atoms with E-state index >= 15 is 0 Å². The maximum absolute atomic E-state index is 11.4. The number of carbonyl (C=O) groups is 1. The Labute approximate surface area is 124 Å². The Morgan fingerprint density at radius 3 is 2.58 bits per heavy atom. The monoisotopic (exact) mass is 316 g/mol. The lowest BCUT2D eigenvalue weighted by molar-refractivity contribution is -0.138. The number of benzene rings is 1. The van der Waals surface area contributed by atoms with Crippen molar-refractivity contribution in [2.45, 2.75) is 12.3 Å². The minimum atomic E-state index is -0.960. The molecule has 0 aliphatic carbocycles. The smallest absolute Gasteiger partial charge is 0.312 e. The van der Waals surface area contributed by atoms with Crippen LogP contribution in [0.1, 0.15) is 16.4 Å². The fourth-order valence-corrected chi connectivity index (χ4v) is 3.11. The summed E-state index contributed by atoms with van der Waals surface area (Å²) < 4.78 is 0.538. The van der Waals surface area contributed by atoms with Gasteiger partial charge in [0.25, 0.3) is 0 Å². The highest BCUT2D eigenvalue weighted by atomic mass is 35.5. The second-order valence-corrected chi connectivity index (χ2v) is 6.19. The number of aromatic hydroxyl groups is 1. The molecule has 1 aromatic heterocycles. The summed E-state index contributed by atoms with van der Waals surface area (Å²) in [4.78, 5) is 12.0. The van der Waals surface area contributed by atoms with E-state index in [4.69, 9.17) is 23.2 Å². The van der Waals surface area contributed by atoms with Crippen LogP contribution in [0.5, 0.6) is 5.75 Å². The van der Waals surface area contributed by atoms with Crippen LogP contribution in [-0.4, -0.2) is 16.2 Å². The predicted octanol–water partition coefficient (Wildman–Crippen LogP) is 4.17. The Morgan fingerprint density at radius 1 is 1.26 bits per heavy atom. The van der Waals surface area contributed by atoms with Crippen LogP contribution in [0, 0.1) is 0 Å². The number of hydrogen-bond donors (Lipinski definition) is 2. The molecule has 1 atom stereocenters. The van der Waals surface area contributed by atoms with Gasteiger partial charge in [0, 0.05) is 9.90 Å². The van der Waals surface area contributed by atoms with Gasteiger partial charge < -0.3 is 10.2 Å². The number of carboxylic acid groups (broad SMARTS) is 1. The minimum absolute atomic E-state index is 0.0401. The molecule has 0 bridgehead atoms. The molecule has 6 heteroatoms. The lowest BCUT2D eigenvalue weighted by Crippen LogP contribution is -2.13. The average Bonchev–Trinajstić information content (AvgIpc) is 2.76. The number of phenols is 1. The largest absolute Gasteiger partial charge is 0.508 e. The van der Waals surface area contributed by atoms with Crippen molar-refractivity contribution in [2.75, 3.05) is 0 Å². The summed E-state index contributed by atoms with van der Waals surface area (Å²) in [5, 5.41) is 19.5. The number of rotatable bonds is 4. The van der Waals surface area contributed by atoms with E-state index < -0.39 is 11.9 Å². The summed E-state index contributed by atoms with van der Waals surface area (Å²) in [5.74, 6) is -1.67. The summed E-state index contributed by atoms with van der Waals surface area (Å²) in [6, 6.07) is 7.93. The first-order valence-electron chi connectivity index (χ1n) is 5.43. The summed E-state index contributed by atoms with van der Waals surface area (Å²) in [6.07, 6.45) is 0.165. The van der Waals surface area contributed by atoms with E-state index in [2.05, 4.69) is 0 Å². The molecule has 0 fully saturated rings. The molecule has 0 aliphatic rings. The number of hydrogen-bond acceptors (Lipinski definition) is 3. The predicted molar refractivity (Wildman–Crippen MR) is 76.5 cm³/mol. The average molecular weight is 317 g/mol. The first kappa shape index (κ1) is 14.2. The van der Waals surface area contributed by atoms with E-state index in [1.807, 2.05) is 0 Å². The third-order valence-corrected chi connectivity index (χ3v) is 4.28. The van der Waals surface area contributed by atoms with Gasteiger partial charge >= 0.3 is 5.97 Å². The standard InChI is InChI=1S/C13H10Cl2O3S/c14-8-1-2-10(16)7(5-8)6-9(13(17)18)11-3-4-12(15)19-11/h1-5,9,16H,6H2,(H,17,18). The van der Waals surface area contributed by atoms with Gasteiger partial charge in [-0.3, -0.25) is 4.79 Å². The van der Waals surface area contributed by atoms with Crippen LogP contribution in [0.4, 0.5) is 0 Å². The first-order chi connectivity index (χ1) is 8.97. The fraction of sp³-hybridized carbons (Fsp3) is 0.154. The lowest BCUT2D eigenvalue weighted by atomic mass is 9.97. The van der Waals surface area contributed by atoms with E-state index in [-0.39, 0.29) is 12.2 Å². The summed E-state index contributed by atoms with van der Waals surface area (Å²) in [7, 11) is 0. The second kappa shape index (κ2) is 5.82. The Balaban J connectivity index is 2.31. The number of aliphatic carboxylic acids is 1. The quantitative estimate of drug-likeness (QED) is 0.890. The molecule has 100 valence electrons. The molecule has 3 nitrogen and oxygen atoms in total. The van der Waals surface area contributed by atoms with E-state index in [1.54, 1.807) is 24.3 Å². The Hall–Kier alpha value is -1.23. The Bertz CT molecular complexity index is 610. The molecule has 2 N–H and O–H groups in total. The number of thiophene rings is 1. The zero-order valence-electron chi connectivity index (χ0n) is 9.64. The van der Waals surface area contributed by atoms with Crippen molar-refractivity contribution in [1.29, 1.82) is 0 Å². The molecule has 0 saturated heterocycles. The molecule has 2 aromatic rings. The summed E-state index contributed by atoms with van der Waals surface area (Å²) in [6.45, 7) is 0. The van der Waals surface area contributed by atoms with Gasteiger partial charge in [-0.25, -0.2) is 0 Å². The highest BCUT2D eigenvalue weighted by Gasteiger charge is 2.23. The molecule has 0 saturated carbocycles. The Kier molecular flexibility index (Phi) is 4.34. The van der Waals surface area contributed by atoms with E-state index in [0.717, 1.165) is 0 Å². The second-order valence-electron chi connectivity index (χ2n) is 4.01. The van der Waals surface area contributed by atoms with Crippen molar-refractivity contribution in [3.8, 4) is 5.75 Å². The van der Waals surface area contributed by atoms with Crippen LogP contribution in [0.3, 0.4) is 0 Å². The van der Waals surface area contributed by atoms with Gasteiger partial charge in [0.15, 0.2) is 0 Å². The van der Waals surface area contributed by atoms with Crippen molar-refractivity contribution < 1.29 is 15.0 Å². The van der Waals surface area contributed by atoms with Crippen molar-refractivity contribution in [3.05, 3.63) is 50.1 Å². The molecule has 0 amide bonds. The lowest BCUT2D eigenvalue weighted by Gasteiger charge is -2.12. The molecule has 0 aliphatic heterocycles. The zero-order valence-corrected chi connectivity index (χ0v) is 12.0. The molecule has 1 heterocycles. The maximum atomic E-state index is 11.4. The van der Waals surface area contributed by atoms with Crippen molar-refractivity contribution >= 4 is 40.5 Å². The van der Waals surface area contributed by atoms with Gasteiger partial charge in [0.2, 0.25) is 0 Å². The van der Waals surface area contributed by atoms with Gasteiger partial charge in [0.05, 0.1) is 10.3 Å². The Morgan fingerprint density at radius 2 is 2.00 bits per heavy atom. The van der Waals surface area contributed by atoms with Gasteiger partial charge in [-0.05, 0) is 42.3 Å². The van der Waals surface area contributed by atoms with Crippen LogP contribution in [0.15, 0.2) is 30.3 Å². The van der Waals surface area contributed by atoms with Crippen LogP contribution >= 0.6 is 34.5 Å². The molecule has 0 spiro atoms. The SMILES string of the molecule is O=C(O)C(Cc1cc(Cl)ccc1O)c1ccc(Cl)s1. The molecular weight excluding hydrogens is 307 g/mol. The molecule has 0 radical (unpaired) electrons. The first-order valence-corrected chi connectivity index (χ1v) is 7.00. The van der Waals surface area contributed by atoms with Crippen molar-refractivity contribution in [1.82, 2.24) is 0 Å². The third-order valence-electron chi connectivity index (χ3n) is 2.70. The summed E-state index contributed by atoms with van der Waals surface area (Å²) >= 11 is 12.9. The molecular formula is C13H10Cl2O3S. The van der Waals surface area contributed by atoms with Gasteiger partial charge in [-0.15, -0.1) is 11.3 Å². The molecule has 1 unspecified atom stereocenters. The molecule has 2 rings (SSSR count). The number of phenolic OH excluding ortho intramolecular Hbond substituents is 1. The van der Waals surface area contributed by atoms with Crippen LogP contribution in [-0.2, 0) is 11.2 Å². The normalized spacial score (nSPS) is 12.3. The zero-order chi connectivity index (χ0) is 14.0. The minimum Gasteiger partial charge on any atom is -0.508 e. The van der Waals surface area contributed by atoms with Gasteiger partial charge in [-0.1, -0.05) is 23.2 Å². The topological polar surface area (TPSA) is 57.5 Å². The van der Waals surface area contributed by atoms with E-state index in [9.17, 15) is 15.0 Å². The molecule has 1 aromatic carbocycles. The van der Waals surface area contributed by atoms with E-state index in [0.29, 0.717) is 19.8 Å². The van der Waals surface area contributed by atoms with Crippen molar-refractivity contribution in [3.63, 3.8) is 0 Å². The maximum Gasteiger partial charge on any atom is 0.312 e. The molecule has 19 heavy (non-hydrogen) atoms. The van der Waals surface area contributed by atoms with Gasteiger partial charge in [-0.2, -0.15) is 0 Å². The summed E-state index contributed by atoms with van der Waals surface area (Å²) in [5.41, 5.74) is 0.504. The highest BCUT2D eigenvalue weighted by Crippen LogP contribution is 2.33. The van der Waals surface area contributed by atoms with Gasteiger partial charge in [0.1, 0.15) is 5.75 Å². The number of halogens is 2. The fourth-order valence-electron chi connectivity index (χ4n) is 1.76. The van der Waals surface area contributed by atoms with Crippen LogP contribution in [0.2, 0.25) is 9.36 Å². The number of carboxylic acids is 1. The van der Waals surface area contributed by atoms with E-state index in [1.165, 1.54) is 17.4 Å². The van der Waals surface area contributed by atoms with Crippen molar-refractivity contribution in [2.24, 2.45) is 0 Å². The third kappa shape index (κ3) is 3.41. The van der Waals surface area contributed by atoms with Crippen LogP contribution in [0.25, 0.3) is 0 Å². The van der Waals surface area contributed by atoms with Crippen LogP contribution < -0.4 is 0 Å². The highest BCUT2D eigenvalue weighted by molar-refractivity contribution is 7.16.